The Balaban J connectivity index is 0.000000771. The number of nitrogens with one attached hydrogen (secondary N) is 1. The van der Waals surface area contributed by atoms with Gasteiger partial charge >= 0.3 is 0 Å². The SMILES string of the molecule is CC.O=C(Nc1ccccc1)c1ccc(O)cc1. The molecular formula is C15H17NO2. The Bertz CT molecular complexity index is 478. The van der Waals surface area contributed by atoms with E-state index in [2.05, 4.69) is 5.32 Å². The molecule has 0 atom stereocenters. The van der Waals surface area contributed by atoms with Crippen molar-refractivity contribution in [3.63, 3.8) is 0 Å². The Labute approximate surface area is 107 Å². The van der Waals surface area contributed by atoms with E-state index in [4.69, 9.17) is 5.11 Å². The van der Waals surface area contributed by atoms with Gasteiger partial charge in [0, 0.05) is 11.3 Å². The fraction of sp³-hybridized carbons (Fsp3) is 0.133. The molecule has 2 N–H and O–H groups in total. The Kier molecular flexibility index (Phi) is 5.45. The molecule has 0 spiro atoms. The van der Waals surface area contributed by atoms with E-state index in [1.165, 1.54) is 12.1 Å². The first-order chi connectivity index (χ1) is 8.75. The van der Waals surface area contributed by atoms with Crippen molar-refractivity contribution >= 4 is 11.6 Å². The highest BCUT2D eigenvalue weighted by atomic mass is 16.3. The number of rotatable bonds is 2. The van der Waals surface area contributed by atoms with Crippen LogP contribution in [0.1, 0.15) is 24.2 Å². The van der Waals surface area contributed by atoms with Crippen LogP contribution >= 0.6 is 0 Å². The summed E-state index contributed by atoms with van der Waals surface area (Å²) >= 11 is 0. The van der Waals surface area contributed by atoms with Crippen LogP contribution in [-0.2, 0) is 0 Å². The van der Waals surface area contributed by atoms with E-state index in [-0.39, 0.29) is 11.7 Å². The maximum Gasteiger partial charge on any atom is 0.255 e. The average Bonchev–Trinajstić information content (AvgIpc) is 2.43. The van der Waals surface area contributed by atoms with Crippen LogP contribution in [-0.4, -0.2) is 11.0 Å². The van der Waals surface area contributed by atoms with Gasteiger partial charge in [-0.25, -0.2) is 0 Å². The van der Waals surface area contributed by atoms with Crippen LogP contribution in [0.2, 0.25) is 0 Å². The minimum Gasteiger partial charge on any atom is -0.508 e. The highest BCUT2D eigenvalue weighted by molar-refractivity contribution is 6.04. The number of amides is 1. The zero-order valence-corrected chi connectivity index (χ0v) is 10.6. The molecule has 94 valence electrons. The first kappa shape index (κ1) is 13.8. The molecule has 0 heterocycles. The molecule has 2 rings (SSSR count). The van der Waals surface area contributed by atoms with Crippen molar-refractivity contribution in [1.29, 1.82) is 0 Å². The average molecular weight is 243 g/mol. The number of benzene rings is 2. The van der Waals surface area contributed by atoms with Gasteiger partial charge in [0.1, 0.15) is 5.75 Å². The van der Waals surface area contributed by atoms with E-state index in [1.54, 1.807) is 12.1 Å². The second kappa shape index (κ2) is 7.12. The lowest BCUT2D eigenvalue weighted by Crippen LogP contribution is -2.11. The summed E-state index contributed by atoms with van der Waals surface area (Å²) in [6.07, 6.45) is 0. The molecular weight excluding hydrogens is 226 g/mol. The van der Waals surface area contributed by atoms with Gasteiger partial charge in [0.2, 0.25) is 0 Å². The predicted octanol–water partition coefficient (Wildman–Crippen LogP) is 3.67. The molecule has 18 heavy (non-hydrogen) atoms. The van der Waals surface area contributed by atoms with Gasteiger partial charge in [-0.2, -0.15) is 0 Å². The summed E-state index contributed by atoms with van der Waals surface area (Å²) in [7, 11) is 0. The second-order valence-corrected chi connectivity index (χ2v) is 3.37. The molecule has 0 unspecified atom stereocenters. The smallest absolute Gasteiger partial charge is 0.255 e. The lowest BCUT2D eigenvalue weighted by atomic mass is 10.2. The van der Waals surface area contributed by atoms with E-state index in [1.807, 2.05) is 44.2 Å². The highest BCUT2D eigenvalue weighted by Crippen LogP contribution is 2.12. The zero-order chi connectivity index (χ0) is 13.4. The molecule has 3 heteroatoms. The Hall–Kier alpha value is -2.29. The largest absolute Gasteiger partial charge is 0.508 e. The summed E-state index contributed by atoms with van der Waals surface area (Å²) < 4.78 is 0. The van der Waals surface area contributed by atoms with Crippen LogP contribution in [0.25, 0.3) is 0 Å². The molecule has 2 aromatic rings. The van der Waals surface area contributed by atoms with Gasteiger partial charge in [-0.15, -0.1) is 0 Å². The minimum atomic E-state index is -0.189. The topological polar surface area (TPSA) is 49.3 Å². The lowest BCUT2D eigenvalue weighted by molar-refractivity contribution is 0.102. The monoisotopic (exact) mass is 243 g/mol. The van der Waals surface area contributed by atoms with Gasteiger partial charge in [0.15, 0.2) is 0 Å². The minimum absolute atomic E-state index is 0.149. The van der Waals surface area contributed by atoms with E-state index in [9.17, 15) is 4.79 Å². The van der Waals surface area contributed by atoms with Crippen LogP contribution in [0.5, 0.6) is 5.75 Å². The summed E-state index contributed by atoms with van der Waals surface area (Å²) in [6.45, 7) is 4.00. The first-order valence-electron chi connectivity index (χ1n) is 5.91. The third kappa shape index (κ3) is 3.94. The molecule has 0 aliphatic carbocycles. The van der Waals surface area contributed by atoms with Crippen molar-refractivity contribution in [1.82, 2.24) is 0 Å². The van der Waals surface area contributed by atoms with E-state index in [0.29, 0.717) is 5.56 Å². The number of phenols is 1. The molecule has 0 radical (unpaired) electrons. The molecule has 0 saturated carbocycles. The molecule has 0 aromatic heterocycles. The number of hydrogen-bond donors (Lipinski definition) is 2. The summed E-state index contributed by atoms with van der Waals surface area (Å²) in [4.78, 5) is 11.7. The molecule has 1 amide bonds. The van der Waals surface area contributed by atoms with Crippen molar-refractivity contribution in [2.24, 2.45) is 0 Å². The zero-order valence-electron chi connectivity index (χ0n) is 10.6. The molecule has 0 bridgehead atoms. The third-order valence-electron chi connectivity index (χ3n) is 2.16. The molecule has 3 nitrogen and oxygen atoms in total. The number of aromatic hydroxyl groups is 1. The van der Waals surface area contributed by atoms with Crippen molar-refractivity contribution in [2.45, 2.75) is 13.8 Å². The van der Waals surface area contributed by atoms with Crippen molar-refractivity contribution in [3.8, 4) is 5.75 Å². The van der Waals surface area contributed by atoms with E-state index in [0.717, 1.165) is 5.69 Å². The van der Waals surface area contributed by atoms with Crippen LogP contribution in [0.15, 0.2) is 54.6 Å². The van der Waals surface area contributed by atoms with Crippen LogP contribution in [0, 0.1) is 0 Å². The van der Waals surface area contributed by atoms with Gasteiger partial charge in [-0.05, 0) is 36.4 Å². The van der Waals surface area contributed by atoms with Gasteiger partial charge < -0.3 is 10.4 Å². The highest BCUT2D eigenvalue weighted by Gasteiger charge is 2.04. The van der Waals surface area contributed by atoms with Crippen molar-refractivity contribution < 1.29 is 9.90 Å². The maximum atomic E-state index is 11.7. The summed E-state index contributed by atoms with van der Waals surface area (Å²) in [5.74, 6) is -0.0394. The first-order valence-corrected chi connectivity index (χ1v) is 5.91. The fourth-order valence-electron chi connectivity index (χ4n) is 1.34. The standard InChI is InChI=1S/C13H11NO2.C2H6/c15-12-8-6-10(7-9-12)13(16)14-11-4-2-1-3-5-11;1-2/h1-9,15H,(H,14,16);1-2H3. The van der Waals surface area contributed by atoms with Crippen molar-refractivity contribution in [3.05, 3.63) is 60.2 Å². The van der Waals surface area contributed by atoms with Gasteiger partial charge in [-0.3, -0.25) is 4.79 Å². The lowest BCUT2D eigenvalue weighted by Gasteiger charge is -2.04. The van der Waals surface area contributed by atoms with Crippen LogP contribution < -0.4 is 5.32 Å². The van der Waals surface area contributed by atoms with Crippen LogP contribution in [0.4, 0.5) is 5.69 Å². The fourth-order valence-corrected chi connectivity index (χ4v) is 1.34. The maximum absolute atomic E-state index is 11.7. The molecule has 0 saturated heterocycles. The normalized spacial score (nSPS) is 9.00. The van der Waals surface area contributed by atoms with Gasteiger partial charge in [0.25, 0.3) is 5.91 Å². The third-order valence-corrected chi connectivity index (χ3v) is 2.16. The molecule has 0 aliphatic rings. The summed E-state index contributed by atoms with van der Waals surface area (Å²) in [5, 5.41) is 11.9. The van der Waals surface area contributed by atoms with Gasteiger partial charge in [-0.1, -0.05) is 32.0 Å². The molecule has 0 aliphatic heterocycles. The number of hydrogen-bond acceptors (Lipinski definition) is 2. The Morgan fingerprint density at radius 3 is 2.06 bits per heavy atom. The number of carbonyl (C=O) groups is 1. The summed E-state index contributed by atoms with van der Waals surface area (Å²) in [6, 6.07) is 15.4. The predicted molar refractivity (Wildman–Crippen MR) is 73.9 cm³/mol. The number of phenolic OH excluding ortho intramolecular Hbond substituents is 1. The Morgan fingerprint density at radius 2 is 1.50 bits per heavy atom. The van der Waals surface area contributed by atoms with Gasteiger partial charge in [0.05, 0.1) is 0 Å². The molecule has 2 aromatic carbocycles. The quantitative estimate of drug-likeness (QED) is 0.845. The van der Waals surface area contributed by atoms with Crippen LogP contribution in [0.3, 0.4) is 0 Å². The molecule has 0 fully saturated rings. The number of para-hydroxylation sites is 1. The van der Waals surface area contributed by atoms with E-state index < -0.39 is 0 Å². The second-order valence-electron chi connectivity index (χ2n) is 3.37. The Morgan fingerprint density at radius 1 is 0.944 bits per heavy atom. The van der Waals surface area contributed by atoms with E-state index >= 15 is 0 Å². The van der Waals surface area contributed by atoms with Crippen molar-refractivity contribution in [2.75, 3.05) is 5.32 Å². The summed E-state index contributed by atoms with van der Waals surface area (Å²) in [5.41, 5.74) is 1.27. The number of carbonyl (C=O) groups excluding carboxylic acids is 1. The number of anilines is 1.